The number of hydrogen-bond acceptors (Lipinski definition) is 4. The lowest BCUT2D eigenvalue weighted by Crippen LogP contribution is -2.32. The zero-order valence-electron chi connectivity index (χ0n) is 15.1. The average molecular weight is 376 g/mol. The van der Waals surface area contributed by atoms with E-state index in [0.29, 0.717) is 12.1 Å². The first-order chi connectivity index (χ1) is 12.2. The third kappa shape index (κ3) is 4.83. The van der Waals surface area contributed by atoms with Gasteiger partial charge in [-0.15, -0.1) is 0 Å². The zero-order valence-corrected chi connectivity index (χ0v) is 15.9. The lowest BCUT2D eigenvalue weighted by atomic mass is 10.1. The number of carbonyl (C=O) groups is 1. The van der Waals surface area contributed by atoms with E-state index in [0.717, 1.165) is 5.56 Å². The van der Waals surface area contributed by atoms with Crippen LogP contribution in [0.25, 0.3) is 0 Å². The van der Waals surface area contributed by atoms with Crippen molar-refractivity contribution in [3.63, 3.8) is 0 Å². The molecule has 0 saturated heterocycles. The number of anilines is 1. The molecule has 2 aromatic rings. The third-order valence-electron chi connectivity index (χ3n) is 4.16. The van der Waals surface area contributed by atoms with E-state index in [2.05, 4.69) is 10.0 Å². The van der Waals surface area contributed by atoms with Gasteiger partial charge < -0.3 is 10.4 Å². The van der Waals surface area contributed by atoms with Gasteiger partial charge in [0.05, 0.1) is 11.3 Å². The molecule has 7 heteroatoms. The summed E-state index contributed by atoms with van der Waals surface area (Å²) in [5.41, 5.74) is 1.28. The summed E-state index contributed by atoms with van der Waals surface area (Å²) in [5, 5.41) is 12.4. The fraction of sp³-hybridized carbons (Fsp3) is 0.316. The molecule has 26 heavy (non-hydrogen) atoms. The molecule has 2 aromatic carbocycles. The van der Waals surface area contributed by atoms with Crippen LogP contribution in [0.1, 0.15) is 49.2 Å². The van der Waals surface area contributed by atoms with E-state index in [9.17, 15) is 18.3 Å². The van der Waals surface area contributed by atoms with Crippen LogP contribution in [0, 0.1) is 0 Å². The lowest BCUT2D eigenvalue weighted by molar-refractivity contribution is 0.0696. The summed E-state index contributed by atoms with van der Waals surface area (Å²) in [5.74, 6) is -1.17. The summed E-state index contributed by atoms with van der Waals surface area (Å²) in [6.45, 7) is 5.55. The molecule has 0 saturated carbocycles. The van der Waals surface area contributed by atoms with Crippen LogP contribution in [0.3, 0.4) is 0 Å². The fourth-order valence-corrected chi connectivity index (χ4v) is 3.99. The Hall–Kier alpha value is -2.38. The highest BCUT2D eigenvalue weighted by Gasteiger charge is 2.23. The van der Waals surface area contributed by atoms with Crippen molar-refractivity contribution in [2.45, 2.75) is 44.2 Å². The van der Waals surface area contributed by atoms with Crippen LogP contribution in [0.15, 0.2) is 53.4 Å². The summed E-state index contributed by atoms with van der Waals surface area (Å²) >= 11 is 0. The number of nitrogens with one attached hydrogen (secondary N) is 2. The van der Waals surface area contributed by atoms with Crippen molar-refractivity contribution in [1.29, 1.82) is 0 Å². The SMILES string of the molecule is CC[C@@H](C)NS(=O)(=O)c1cc(C(=O)O)ccc1N[C@@H](C)c1ccccc1. The van der Waals surface area contributed by atoms with Crippen molar-refractivity contribution in [2.75, 3.05) is 5.32 Å². The molecule has 0 aliphatic carbocycles. The number of sulfonamides is 1. The molecule has 0 aromatic heterocycles. The molecule has 2 atom stereocenters. The maximum absolute atomic E-state index is 12.8. The molecule has 140 valence electrons. The van der Waals surface area contributed by atoms with Crippen molar-refractivity contribution in [3.05, 3.63) is 59.7 Å². The molecule has 0 bridgehead atoms. The van der Waals surface area contributed by atoms with Gasteiger partial charge in [0.2, 0.25) is 10.0 Å². The first-order valence-corrected chi connectivity index (χ1v) is 9.94. The lowest BCUT2D eigenvalue weighted by Gasteiger charge is -2.20. The zero-order chi connectivity index (χ0) is 19.3. The predicted octanol–water partition coefficient (Wildman–Crippen LogP) is 3.63. The van der Waals surface area contributed by atoms with E-state index < -0.39 is 16.0 Å². The van der Waals surface area contributed by atoms with E-state index in [-0.39, 0.29) is 22.5 Å². The highest BCUT2D eigenvalue weighted by molar-refractivity contribution is 7.89. The van der Waals surface area contributed by atoms with Gasteiger partial charge in [-0.05, 0) is 44.0 Å². The van der Waals surface area contributed by atoms with Crippen LogP contribution >= 0.6 is 0 Å². The number of rotatable bonds is 8. The van der Waals surface area contributed by atoms with E-state index in [4.69, 9.17) is 0 Å². The van der Waals surface area contributed by atoms with Gasteiger partial charge in [0.1, 0.15) is 4.90 Å². The van der Waals surface area contributed by atoms with Crippen molar-refractivity contribution >= 4 is 21.7 Å². The molecule has 0 aliphatic rings. The van der Waals surface area contributed by atoms with Gasteiger partial charge in [0.25, 0.3) is 0 Å². The second-order valence-electron chi connectivity index (χ2n) is 6.22. The molecule has 0 unspecified atom stereocenters. The Kier molecular flexibility index (Phi) is 6.39. The molecule has 0 heterocycles. The minimum absolute atomic E-state index is 0.0690. The normalized spacial score (nSPS) is 13.8. The monoisotopic (exact) mass is 376 g/mol. The largest absolute Gasteiger partial charge is 0.478 e. The Balaban J connectivity index is 2.44. The topological polar surface area (TPSA) is 95.5 Å². The van der Waals surface area contributed by atoms with Crippen molar-refractivity contribution < 1.29 is 18.3 Å². The molecule has 0 spiro atoms. The number of carboxylic acid groups (broad SMARTS) is 1. The summed E-state index contributed by atoms with van der Waals surface area (Å²) in [6, 6.07) is 13.3. The van der Waals surface area contributed by atoms with Crippen LogP contribution in [0.2, 0.25) is 0 Å². The highest BCUT2D eigenvalue weighted by Crippen LogP contribution is 2.27. The minimum Gasteiger partial charge on any atom is -0.478 e. The van der Waals surface area contributed by atoms with Gasteiger partial charge in [0.15, 0.2) is 0 Å². The smallest absolute Gasteiger partial charge is 0.335 e. The molecule has 2 rings (SSSR count). The molecule has 3 N–H and O–H groups in total. The van der Waals surface area contributed by atoms with Gasteiger partial charge in [-0.2, -0.15) is 0 Å². The van der Waals surface area contributed by atoms with Crippen LogP contribution in [0.5, 0.6) is 0 Å². The van der Waals surface area contributed by atoms with Crippen LogP contribution in [0.4, 0.5) is 5.69 Å². The Bertz CT molecular complexity index is 866. The Morgan fingerprint density at radius 2 is 1.77 bits per heavy atom. The minimum atomic E-state index is -3.86. The van der Waals surface area contributed by atoms with Gasteiger partial charge in [-0.25, -0.2) is 17.9 Å². The fourth-order valence-electron chi connectivity index (χ4n) is 2.47. The van der Waals surface area contributed by atoms with Crippen molar-refractivity contribution in [1.82, 2.24) is 4.72 Å². The Morgan fingerprint density at radius 1 is 1.12 bits per heavy atom. The van der Waals surface area contributed by atoms with Crippen LogP contribution in [-0.4, -0.2) is 25.5 Å². The van der Waals surface area contributed by atoms with Gasteiger partial charge in [-0.1, -0.05) is 37.3 Å². The maximum atomic E-state index is 12.8. The molecule has 0 amide bonds. The summed E-state index contributed by atoms with van der Waals surface area (Å²) in [4.78, 5) is 11.2. The quantitative estimate of drug-likeness (QED) is 0.654. The highest BCUT2D eigenvalue weighted by atomic mass is 32.2. The number of benzene rings is 2. The first-order valence-electron chi connectivity index (χ1n) is 8.45. The maximum Gasteiger partial charge on any atom is 0.335 e. The molecular formula is C19H24N2O4S. The van der Waals surface area contributed by atoms with E-state index in [1.165, 1.54) is 18.2 Å². The van der Waals surface area contributed by atoms with Gasteiger partial charge in [0, 0.05) is 12.1 Å². The van der Waals surface area contributed by atoms with Crippen molar-refractivity contribution in [2.24, 2.45) is 0 Å². The standard InChI is InChI=1S/C19H24N2O4S/c1-4-13(2)21-26(24,25)18-12-16(19(22)23)10-11-17(18)20-14(3)15-8-6-5-7-9-15/h5-14,20-21H,4H2,1-3H3,(H,22,23)/t13-,14+/m1/s1. The molecule has 0 fully saturated rings. The van der Waals surface area contributed by atoms with E-state index in [1.807, 2.05) is 44.2 Å². The number of hydrogen-bond donors (Lipinski definition) is 3. The summed E-state index contributed by atoms with van der Waals surface area (Å²) in [7, 11) is -3.86. The predicted molar refractivity (Wildman–Crippen MR) is 102 cm³/mol. The molecule has 0 radical (unpaired) electrons. The number of carboxylic acids is 1. The average Bonchev–Trinajstić information content (AvgIpc) is 2.61. The summed E-state index contributed by atoms with van der Waals surface area (Å²) in [6.07, 6.45) is 0.626. The second kappa shape index (κ2) is 8.33. The number of aromatic carboxylic acids is 1. The van der Waals surface area contributed by atoms with Crippen LogP contribution in [-0.2, 0) is 10.0 Å². The van der Waals surface area contributed by atoms with Gasteiger partial charge in [-0.3, -0.25) is 0 Å². The Morgan fingerprint density at radius 3 is 2.35 bits per heavy atom. The molecule has 0 aliphatic heterocycles. The first kappa shape index (κ1) is 19.9. The summed E-state index contributed by atoms with van der Waals surface area (Å²) < 4.78 is 28.1. The Labute approximate surface area is 154 Å². The van der Waals surface area contributed by atoms with Crippen molar-refractivity contribution in [3.8, 4) is 0 Å². The van der Waals surface area contributed by atoms with Gasteiger partial charge >= 0.3 is 5.97 Å². The molecular weight excluding hydrogens is 352 g/mol. The second-order valence-corrected chi connectivity index (χ2v) is 7.91. The van der Waals surface area contributed by atoms with E-state index in [1.54, 1.807) is 6.92 Å². The van der Waals surface area contributed by atoms with Crippen LogP contribution < -0.4 is 10.0 Å². The molecule has 6 nitrogen and oxygen atoms in total. The van der Waals surface area contributed by atoms with E-state index >= 15 is 0 Å². The third-order valence-corrected chi connectivity index (χ3v) is 5.79.